The Kier molecular flexibility index (Phi) is 5.98. The van der Waals surface area contributed by atoms with Gasteiger partial charge in [-0.05, 0) is 44.4 Å². The summed E-state index contributed by atoms with van der Waals surface area (Å²) >= 11 is 5.90. The number of sulfonamides is 1. The van der Waals surface area contributed by atoms with E-state index in [1.807, 2.05) is 13.8 Å². The lowest BCUT2D eigenvalue weighted by molar-refractivity contribution is 0.0686. The number of aromatic nitrogens is 3. The fraction of sp³-hybridized carbons (Fsp3) is 0.435. The zero-order chi connectivity index (χ0) is 25.9. The SMILES string of the molecule is CCN1CC(C)n2c(c(O)c3c(=O)n(Cc4ccc(F)c(Cl)c4)nc(N4CCCCS4(=O)=O)c32)C1=O. The van der Waals surface area contributed by atoms with Crippen LogP contribution in [0.2, 0.25) is 5.02 Å². The molecule has 2 aliphatic heterocycles. The van der Waals surface area contributed by atoms with Crippen molar-refractivity contribution >= 4 is 44.3 Å². The summed E-state index contributed by atoms with van der Waals surface area (Å²) < 4.78 is 43.5. The van der Waals surface area contributed by atoms with Gasteiger partial charge in [0.15, 0.2) is 17.3 Å². The molecule has 13 heteroatoms. The normalized spacial score (nSPS) is 19.7. The number of nitrogens with zero attached hydrogens (tertiary/aromatic N) is 5. The monoisotopic (exact) mass is 537 g/mol. The molecule has 0 bridgehead atoms. The number of likely N-dealkylation sites (N-methyl/N-ethyl adjacent to an activating group) is 1. The number of hydrogen-bond donors (Lipinski definition) is 1. The number of carbonyl (C=O) groups excluding carboxylic acids is 1. The second-order valence-corrected chi connectivity index (χ2v) is 11.5. The third-order valence-corrected chi connectivity index (χ3v) is 8.88. The van der Waals surface area contributed by atoms with Crippen molar-refractivity contribution in [2.75, 3.05) is 29.7 Å². The molecule has 2 aromatic heterocycles. The van der Waals surface area contributed by atoms with Gasteiger partial charge in [-0.2, -0.15) is 0 Å². The van der Waals surface area contributed by atoms with Gasteiger partial charge in [0.2, 0.25) is 10.0 Å². The Bertz CT molecular complexity index is 1570. The van der Waals surface area contributed by atoms with E-state index in [-0.39, 0.29) is 52.3 Å². The lowest BCUT2D eigenvalue weighted by Gasteiger charge is -2.33. The maximum Gasteiger partial charge on any atom is 0.280 e. The molecule has 10 nitrogen and oxygen atoms in total. The minimum atomic E-state index is -3.75. The van der Waals surface area contributed by atoms with Crippen LogP contribution in [0.1, 0.15) is 48.8 Å². The quantitative estimate of drug-likeness (QED) is 0.547. The topological polar surface area (TPSA) is 118 Å². The van der Waals surface area contributed by atoms with Crippen LogP contribution in [-0.4, -0.2) is 64.1 Å². The van der Waals surface area contributed by atoms with Crippen molar-refractivity contribution in [2.24, 2.45) is 0 Å². The van der Waals surface area contributed by atoms with Crippen molar-refractivity contribution in [2.45, 2.75) is 39.3 Å². The van der Waals surface area contributed by atoms with Crippen molar-refractivity contribution in [3.05, 3.63) is 50.7 Å². The van der Waals surface area contributed by atoms with Crippen LogP contribution < -0.4 is 9.86 Å². The van der Waals surface area contributed by atoms with E-state index in [1.54, 1.807) is 4.90 Å². The van der Waals surface area contributed by atoms with E-state index in [0.29, 0.717) is 31.5 Å². The van der Waals surface area contributed by atoms with Crippen LogP contribution in [0.15, 0.2) is 23.0 Å². The van der Waals surface area contributed by atoms with Crippen LogP contribution in [0, 0.1) is 5.82 Å². The van der Waals surface area contributed by atoms with Crippen LogP contribution in [0.5, 0.6) is 5.75 Å². The van der Waals surface area contributed by atoms with E-state index in [0.717, 1.165) is 15.1 Å². The molecule has 0 radical (unpaired) electrons. The highest BCUT2D eigenvalue weighted by Gasteiger charge is 2.39. The molecule has 1 fully saturated rings. The Morgan fingerprint density at radius 2 is 2.00 bits per heavy atom. The number of carbonyl (C=O) groups is 1. The van der Waals surface area contributed by atoms with Gasteiger partial charge in [0, 0.05) is 25.7 Å². The summed E-state index contributed by atoms with van der Waals surface area (Å²) in [6.07, 6.45) is 1.08. The highest BCUT2D eigenvalue weighted by molar-refractivity contribution is 7.92. The standard InChI is InChI=1S/C23H25ClFN5O5S/c1-3-27-11-13(2)30-18-17(20(31)19(30)23(27)33)22(32)28(12-14-6-7-16(25)15(24)10-14)26-21(18)29-8-4-5-9-36(29,34)35/h6-7,10,13,31H,3-5,8-9,11-12H2,1-2H3. The van der Waals surface area contributed by atoms with Gasteiger partial charge in [-0.1, -0.05) is 17.7 Å². The van der Waals surface area contributed by atoms with Gasteiger partial charge >= 0.3 is 0 Å². The first kappa shape index (κ1) is 24.6. The molecule has 3 aromatic rings. The first-order valence-electron chi connectivity index (χ1n) is 11.7. The van der Waals surface area contributed by atoms with Gasteiger partial charge in [-0.25, -0.2) is 17.5 Å². The van der Waals surface area contributed by atoms with E-state index in [2.05, 4.69) is 5.10 Å². The maximum absolute atomic E-state index is 13.7. The van der Waals surface area contributed by atoms with E-state index in [4.69, 9.17) is 11.6 Å². The molecule has 1 amide bonds. The highest BCUT2D eigenvalue weighted by Crippen LogP contribution is 2.41. The molecule has 1 atom stereocenters. The molecule has 5 rings (SSSR count). The minimum Gasteiger partial charge on any atom is -0.505 e. The van der Waals surface area contributed by atoms with Crippen molar-refractivity contribution < 1.29 is 22.7 Å². The summed E-state index contributed by atoms with van der Waals surface area (Å²) in [6, 6.07) is 3.60. The number of hydrogen-bond acceptors (Lipinski definition) is 6. The first-order chi connectivity index (χ1) is 17.0. The molecule has 2 aliphatic rings. The maximum atomic E-state index is 13.7. The largest absolute Gasteiger partial charge is 0.505 e. The zero-order valence-corrected chi connectivity index (χ0v) is 21.3. The number of aromatic hydroxyl groups is 1. The second kappa shape index (κ2) is 8.77. The molecule has 0 spiro atoms. The number of benzene rings is 1. The van der Waals surface area contributed by atoms with Gasteiger partial charge in [-0.3, -0.25) is 13.9 Å². The minimum absolute atomic E-state index is 0.0244. The van der Waals surface area contributed by atoms with Gasteiger partial charge in [-0.15, -0.1) is 5.10 Å². The molecule has 192 valence electrons. The van der Waals surface area contributed by atoms with E-state index in [1.165, 1.54) is 16.7 Å². The fourth-order valence-electron chi connectivity index (χ4n) is 5.00. The lowest BCUT2D eigenvalue weighted by Crippen LogP contribution is -2.43. The van der Waals surface area contributed by atoms with E-state index < -0.39 is 33.1 Å². The van der Waals surface area contributed by atoms with E-state index >= 15 is 0 Å². The molecule has 0 saturated carbocycles. The molecular weight excluding hydrogens is 513 g/mol. The van der Waals surface area contributed by atoms with Gasteiger partial charge in [0.1, 0.15) is 16.7 Å². The highest BCUT2D eigenvalue weighted by atomic mass is 35.5. The summed E-state index contributed by atoms with van der Waals surface area (Å²) in [5.74, 6) is -1.69. The number of amides is 1. The Morgan fingerprint density at radius 3 is 2.67 bits per heavy atom. The third kappa shape index (κ3) is 3.74. The van der Waals surface area contributed by atoms with Crippen molar-refractivity contribution in [3.63, 3.8) is 0 Å². The third-order valence-electron chi connectivity index (χ3n) is 6.75. The molecule has 36 heavy (non-hydrogen) atoms. The van der Waals surface area contributed by atoms with Gasteiger partial charge in [0.05, 0.1) is 17.3 Å². The van der Waals surface area contributed by atoms with Crippen LogP contribution in [0.3, 0.4) is 0 Å². The predicted molar refractivity (Wildman–Crippen MR) is 133 cm³/mol. The zero-order valence-electron chi connectivity index (χ0n) is 19.7. The smallest absolute Gasteiger partial charge is 0.280 e. The Hall–Kier alpha value is -3.12. The molecule has 1 unspecified atom stereocenters. The summed E-state index contributed by atoms with van der Waals surface area (Å²) in [4.78, 5) is 28.4. The predicted octanol–water partition coefficient (Wildman–Crippen LogP) is 2.71. The van der Waals surface area contributed by atoms with Gasteiger partial charge < -0.3 is 14.6 Å². The number of rotatable bonds is 4. The first-order valence-corrected chi connectivity index (χ1v) is 13.7. The van der Waals surface area contributed by atoms with Crippen molar-refractivity contribution in [3.8, 4) is 5.75 Å². The number of halogens is 2. The molecule has 4 heterocycles. The Balaban J connectivity index is 1.82. The van der Waals surface area contributed by atoms with Crippen molar-refractivity contribution in [1.82, 2.24) is 19.2 Å². The molecule has 0 aliphatic carbocycles. The summed E-state index contributed by atoms with van der Waals surface area (Å²) in [7, 11) is -3.75. The summed E-state index contributed by atoms with van der Waals surface area (Å²) in [5, 5.41) is 15.3. The van der Waals surface area contributed by atoms with Crippen LogP contribution in [0.4, 0.5) is 10.2 Å². The fourth-order valence-corrected chi connectivity index (χ4v) is 6.79. The van der Waals surface area contributed by atoms with Crippen LogP contribution in [-0.2, 0) is 16.6 Å². The number of fused-ring (bicyclic) bond motifs is 3. The summed E-state index contributed by atoms with van der Waals surface area (Å²) in [6.45, 7) is 4.38. The second-order valence-electron chi connectivity index (χ2n) is 9.11. The lowest BCUT2D eigenvalue weighted by atomic mass is 10.2. The Labute approximate surface area is 211 Å². The van der Waals surface area contributed by atoms with Crippen LogP contribution in [0.25, 0.3) is 10.9 Å². The van der Waals surface area contributed by atoms with Gasteiger partial charge in [0.25, 0.3) is 11.5 Å². The average molecular weight is 538 g/mol. The van der Waals surface area contributed by atoms with E-state index in [9.17, 15) is 27.5 Å². The summed E-state index contributed by atoms with van der Waals surface area (Å²) in [5.41, 5.74) is -0.204. The average Bonchev–Trinajstić information content (AvgIpc) is 3.14. The molecule has 1 N–H and O–H groups in total. The molecular formula is C23H25ClFN5O5S. The number of anilines is 1. The van der Waals surface area contributed by atoms with Crippen molar-refractivity contribution in [1.29, 1.82) is 0 Å². The van der Waals surface area contributed by atoms with Crippen LogP contribution >= 0.6 is 11.6 Å². The molecule has 1 saturated heterocycles. The Morgan fingerprint density at radius 1 is 1.25 bits per heavy atom. The molecule has 1 aromatic carbocycles.